The summed E-state index contributed by atoms with van der Waals surface area (Å²) in [6.45, 7) is 4.57. The molecule has 0 aromatic carbocycles. The van der Waals surface area contributed by atoms with Crippen LogP contribution in [0.15, 0.2) is 0 Å². The lowest BCUT2D eigenvalue weighted by Crippen LogP contribution is -2.34. The summed E-state index contributed by atoms with van der Waals surface area (Å²) in [6.07, 6.45) is 4.40. The van der Waals surface area contributed by atoms with Crippen molar-refractivity contribution < 1.29 is 4.92 Å². The van der Waals surface area contributed by atoms with Crippen LogP contribution in [0.5, 0.6) is 0 Å². The predicted molar refractivity (Wildman–Crippen MR) is 78.2 cm³/mol. The Morgan fingerprint density at radius 3 is 2.75 bits per heavy atom. The predicted octanol–water partition coefficient (Wildman–Crippen LogP) is 2.50. The highest BCUT2D eigenvalue weighted by Crippen LogP contribution is 2.33. The Balaban J connectivity index is 2.51. The van der Waals surface area contributed by atoms with Gasteiger partial charge in [0.1, 0.15) is 5.69 Å². The zero-order valence-electron chi connectivity index (χ0n) is 12.2. The maximum Gasteiger partial charge on any atom is 0.332 e. The third-order valence-corrected chi connectivity index (χ3v) is 3.77. The van der Waals surface area contributed by atoms with Crippen molar-refractivity contribution in [2.75, 3.05) is 23.8 Å². The van der Waals surface area contributed by atoms with Gasteiger partial charge in [-0.1, -0.05) is 12.8 Å². The molecule has 0 amide bonds. The highest BCUT2D eigenvalue weighted by Gasteiger charge is 2.29. The lowest BCUT2D eigenvalue weighted by Gasteiger charge is -2.28. The number of rotatable bonds is 3. The summed E-state index contributed by atoms with van der Waals surface area (Å²) in [4.78, 5) is 21.5. The van der Waals surface area contributed by atoms with Crippen molar-refractivity contribution in [1.82, 2.24) is 9.97 Å². The second-order valence-electron chi connectivity index (χ2n) is 5.20. The second kappa shape index (κ2) is 6.02. The Kier molecular flexibility index (Phi) is 4.36. The SMILES string of the molecule is CNc1nc(C)c([N+](=O)[O-])c(N2CCCCCC2C)n1. The van der Waals surface area contributed by atoms with Gasteiger partial charge in [0.15, 0.2) is 0 Å². The van der Waals surface area contributed by atoms with Crippen LogP contribution in [0.3, 0.4) is 0 Å². The molecule has 1 fully saturated rings. The monoisotopic (exact) mass is 279 g/mol. The van der Waals surface area contributed by atoms with Crippen LogP contribution in [0, 0.1) is 17.0 Å². The highest BCUT2D eigenvalue weighted by atomic mass is 16.6. The number of hydrogen-bond donors (Lipinski definition) is 1. The van der Waals surface area contributed by atoms with Gasteiger partial charge in [0.25, 0.3) is 0 Å². The Morgan fingerprint density at radius 2 is 2.10 bits per heavy atom. The van der Waals surface area contributed by atoms with E-state index in [0.29, 0.717) is 17.5 Å². The topological polar surface area (TPSA) is 84.2 Å². The van der Waals surface area contributed by atoms with Crippen LogP contribution < -0.4 is 10.2 Å². The summed E-state index contributed by atoms with van der Waals surface area (Å²) in [5.74, 6) is 0.876. The minimum Gasteiger partial charge on any atom is -0.357 e. The van der Waals surface area contributed by atoms with E-state index in [0.717, 1.165) is 32.2 Å². The summed E-state index contributed by atoms with van der Waals surface area (Å²) in [6, 6.07) is 0.259. The molecule has 0 bridgehead atoms. The molecule has 1 atom stereocenters. The number of hydrogen-bond acceptors (Lipinski definition) is 6. The van der Waals surface area contributed by atoms with Crippen LogP contribution in [0.4, 0.5) is 17.5 Å². The van der Waals surface area contributed by atoms with E-state index in [4.69, 9.17) is 0 Å². The maximum atomic E-state index is 11.4. The van der Waals surface area contributed by atoms with Crippen LogP contribution in [0.1, 0.15) is 38.3 Å². The van der Waals surface area contributed by atoms with Gasteiger partial charge >= 0.3 is 5.69 Å². The largest absolute Gasteiger partial charge is 0.357 e. The third-order valence-electron chi connectivity index (χ3n) is 3.77. The number of anilines is 2. The van der Waals surface area contributed by atoms with E-state index in [1.54, 1.807) is 14.0 Å². The fourth-order valence-electron chi connectivity index (χ4n) is 2.67. The van der Waals surface area contributed by atoms with Gasteiger partial charge in [-0.05, 0) is 26.7 Å². The average molecular weight is 279 g/mol. The Morgan fingerprint density at radius 1 is 1.35 bits per heavy atom. The first-order valence-corrected chi connectivity index (χ1v) is 7.02. The first-order valence-electron chi connectivity index (χ1n) is 7.02. The first kappa shape index (κ1) is 14.5. The van der Waals surface area contributed by atoms with Gasteiger partial charge in [0.05, 0.1) is 4.92 Å². The summed E-state index contributed by atoms with van der Waals surface area (Å²) < 4.78 is 0. The summed E-state index contributed by atoms with van der Waals surface area (Å²) >= 11 is 0. The highest BCUT2D eigenvalue weighted by molar-refractivity contribution is 5.63. The quantitative estimate of drug-likeness (QED) is 0.676. The van der Waals surface area contributed by atoms with Crippen LogP contribution in [-0.4, -0.2) is 34.5 Å². The van der Waals surface area contributed by atoms with Crippen molar-refractivity contribution in [3.63, 3.8) is 0 Å². The number of nitrogens with zero attached hydrogens (tertiary/aromatic N) is 4. The molecule has 20 heavy (non-hydrogen) atoms. The van der Waals surface area contributed by atoms with Crippen LogP contribution in [-0.2, 0) is 0 Å². The number of aryl methyl sites for hydroxylation is 1. The number of aromatic nitrogens is 2. The fraction of sp³-hybridized carbons (Fsp3) is 0.692. The Hall–Kier alpha value is -1.92. The normalized spacial score (nSPS) is 19.6. The lowest BCUT2D eigenvalue weighted by molar-refractivity contribution is -0.385. The molecule has 2 rings (SSSR count). The third kappa shape index (κ3) is 2.81. The molecule has 7 heteroatoms. The molecular weight excluding hydrogens is 258 g/mol. The molecule has 1 unspecified atom stereocenters. The van der Waals surface area contributed by atoms with E-state index in [9.17, 15) is 10.1 Å². The molecule has 1 aromatic rings. The molecule has 0 radical (unpaired) electrons. The van der Waals surface area contributed by atoms with Gasteiger partial charge < -0.3 is 10.2 Å². The van der Waals surface area contributed by atoms with Crippen LogP contribution in [0.2, 0.25) is 0 Å². The summed E-state index contributed by atoms with van der Waals surface area (Å²) in [5.41, 5.74) is 0.429. The van der Waals surface area contributed by atoms with Crippen molar-refractivity contribution in [1.29, 1.82) is 0 Å². The number of nitro groups is 1. The van der Waals surface area contributed by atoms with Crippen molar-refractivity contribution in [2.24, 2.45) is 0 Å². The van der Waals surface area contributed by atoms with Gasteiger partial charge in [-0.2, -0.15) is 4.98 Å². The standard InChI is InChI=1S/C13H21N5O2/c1-9-7-5-4-6-8-17(9)12-11(18(19)20)10(2)15-13(14-3)16-12/h9H,4-8H2,1-3H3,(H,14,15,16). The molecule has 2 heterocycles. The Bertz CT molecular complexity index is 506. The summed E-state index contributed by atoms with van der Waals surface area (Å²) in [5, 5.41) is 14.2. The van der Waals surface area contributed by atoms with Crippen molar-refractivity contribution in [3.05, 3.63) is 15.8 Å². The molecule has 0 saturated carbocycles. The molecule has 1 aromatic heterocycles. The molecule has 7 nitrogen and oxygen atoms in total. The van der Waals surface area contributed by atoms with Gasteiger partial charge in [-0.15, -0.1) is 0 Å². The van der Waals surface area contributed by atoms with Crippen LogP contribution >= 0.6 is 0 Å². The lowest BCUT2D eigenvalue weighted by atomic mass is 10.1. The molecule has 0 aliphatic carbocycles. The van der Waals surface area contributed by atoms with Crippen molar-refractivity contribution in [3.8, 4) is 0 Å². The Labute approximate surface area is 118 Å². The average Bonchev–Trinajstić information content (AvgIpc) is 2.61. The first-order chi connectivity index (χ1) is 9.54. The van der Waals surface area contributed by atoms with Crippen molar-refractivity contribution >= 4 is 17.5 Å². The molecule has 1 N–H and O–H groups in total. The van der Waals surface area contributed by atoms with Crippen LogP contribution in [0.25, 0.3) is 0 Å². The van der Waals surface area contributed by atoms with Gasteiger partial charge in [0.2, 0.25) is 11.8 Å². The molecular formula is C13H21N5O2. The minimum absolute atomic E-state index is 0.0257. The van der Waals surface area contributed by atoms with Gasteiger partial charge in [-0.25, -0.2) is 4.98 Å². The molecule has 1 aliphatic rings. The molecule has 1 aliphatic heterocycles. The minimum atomic E-state index is -0.373. The smallest absolute Gasteiger partial charge is 0.332 e. The molecule has 110 valence electrons. The zero-order valence-corrected chi connectivity index (χ0v) is 12.2. The van der Waals surface area contributed by atoms with Gasteiger partial charge in [0, 0.05) is 19.6 Å². The molecule has 0 spiro atoms. The van der Waals surface area contributed by atoms with E-state index >= 15 is 0 Å². The molecule has 1 saturated heterocycles. The maximum absolute atomic E-state index is 11.4. The van der Waals surface area contributed by atoms with E-state index in [1.165, 1.54) is 0 Å². The van der Waals surface area contributed by atoms with Crippen molar-refractivity contribution in [2.45, 2.75) is 45.6 Å². The summed E-state index contributed by atoms with van der Waals surface area (Å²) in [7, 11) is 1.72. The zero-order chi connectivity index (χ0) is 14.7. The van der Waals surface area contributed by atoms with Gasteiger partial charge in [-0.3, -0.25) is 10.1 Å². The fourth-order valence-corrected chi connectivity index (χ4v) is 2.67. The van der Waals surface area contributed by atoms with E-state index in [-0.39, 0.29) is 16.7 Å². The van der Waals surface area contributed by atoms with E-state index < -0.39 is 0 Å². The van der Waals surface area contributed by atoms with E-state index in [1.807, 2.05) is 0 Å². The second-order valence-corrected chi connectivity index (χ2v) is 5.20. The van der Waals surface area contributed by atoms with E-state index in [2.05, 4.69) is 27.1 Å². The number of nitrogens with one attached hydrogen (secondary N) is 1.